The van der Waals surface area contributed by atoms with Gasteiger partial charge in [0.25, 0.3) is 0 Å². The van der Waals surface area contributed by atoms with Crippen LogP contribution in [0.25, 0.3) is 0 Å². The normalized spacial score (nSPS) is 20.0. The van der Waals surface area contributed by atoms with Crippen LogP contribution in [0.4, 0.5) is 10.5 Å². The fraction of sp³-hybridized carbons (Fsp3) is 0.455. The summed E-state index contributed by atoms with van der Waals surface area (Å²) < 4.78 is 0.779. The molecule has 1 saturated heterocycles. The van der Waals surface area contributed by atoms with E-state index in [-0.39, 0.29) is 12.1 Å². The molecule has 2 amide bonds. The molecule has 86 valence electrons. The lowest BCUT2D eigenvalue weighted by Crippen LogP contribution is -2.28. The SMILES string of the molecule is CCC[C@H]1CN(c2ccc(Br)nc2)C(=O)N1. The van der Waals surface area contributed by atoms with Crippen LogP contribution < -0.4 is 10.2 Å². The smallest absolute Gasteiger partial charge is 0.322 e. The van der Waals surface area contributed by atoms with E-state index in [4.69, 9.17) is 0 Å². The molecule has 0 unspecified atom stereocenters. The van der Waals surface area contributed by atoms with Crippen LogP contribution in [0.2, 0.25) is 0 Å². The van der Waals surface area contributed by atoms with Crippen molar-refractivity contribution in [2.45, 2.75) is 25.8 Å². The summed E-state index contributed by atoms with van der Waals surface area (Å²) in [6.07, 6.45) is 3.81. The number of nitrogens with one attached hydrogen (secondary N) is 1. The first kappa shape index (κ1) is 11.4. The van der Waals surface area contributed by atoms with Gasteiger partial charge in [0, 0.05) is 12.6 Å². The van der Waals surface area contributed by atoms with Crippen molar-refractivity contribution in [3.63, 3.8) is 0 Å². The largest absolute Gasteiger partial charge is 0.333 e. The van der Waals surface area contributed by atoms with Gasteiger partial charge in [0.15, 0.2) is 0 Å². The molecule has 2 heterocycles. The van der Waals surface area contributed by atoms with Crippen LogP contribution >= 0.6 is 15.9 Å². The van der Waals surface area contributed by atoms with E-state index in [1.807, 2.05) is 12.1 Å². The summed E-state index contributed by atoms with van der Waals surface area (Å²) in [5.74, 6) is 0. The highest BCUT2D eigenvalue weighted by molar-refractivity contribution is 9.10. The van der Waals surface area contributed by atoms with Crippen molar-refractivity contribution in [3.05, 3.63) is 22.9 Å². The van der Waals surface area contributed by atoms with Crippen LogP contribution in [0.5, 0.6) is 0 Å². The Morgan fingerprint density at radius 3 is 3.06 bits per heavy atom. The Labute approximate surface area is 103 Å². The maximum atomic E-state index is 11.7. The van der Waals surface area contributed by atoms with Gasteiger partial charge in [-0.2, -0.15) is 0 Å². The number of halogens is 1. The first-order chi connectivity index (χ1) is 7.70. The van der Waals surface area contributed by atoms with Gasteiger partial charge in [-0.3, -0.25) is 4.90 Å². The predicted octanol–water partition coefficient (Wildman–Crippen LogP) is 2.54. The summed E-state index contributed by atoms with van der Waals surface area (Å²) in [4.78, 5) is 17.6. The third-order valence-electron chi connectivity index (χ3n) is 2.64. The molecule has 0 spiro atoms. The number of aromatic nitrogens is 1. The van der Waals surface area contributed by atoms with E-state index in [0.29, 0.717) is 0 Å². The van der Waals surface area contributed by atoms with Gasteiger partial charge in [-0.25, -0.2) is 9.78 Å². The average Bonchev–Trinajstić information content (AvgIpc) is 2.61. The average molecular weight is 284 g/mol. The van der Waals surface area contributed by atoms with Gasteiger partial charge in [0.1, 0.15) is 4.60 Å². The fourth-order valence-corrected chi connectivity index (χ4v) is 2.10. The van der Waals surface area contributed by atoms with Crippen LogP contribution in [-0.4, -0.2) is 23.6 Å². The number of rotatable bonds is 3. The summed E-state index contributed by atoms with van der Waals surface area (Å²) in [5.41, 5.74) is 0.847. The van der Waals surface area contributed by atoms with Gasteiger partial charge < -0.3 is 5.32 Å². The van der Waals surface area contributed by atoms with E-state index in [2.05, 4.69) is 33.2 Å². The zero-order valence-corrected chi connectivity index (χ0v) is 10.7. The Morgan fingerprint density at radius 1 is 1.62 bits per heavy atom. The number of hydrogen-bond donors (Lipinski definition) is 1. The van der Waals surface area contributed by atoms with Crippen molar-refractivity contribution in [2.24, 2.45) is 0 Å². The number of amides is 2. The lowest BCUT2D eigenvalue weighted by atomic mass is 10.2. The molecular formula is C11H14BrN3O. The van der Waals surface area contributed by atoms with Gasteiger partial charge in [-0.15, -0.1) is 0 Å². The van der Waals surface area contributed by atoms with Crippen LogP contribution in [0.1, 0.15) is 19.8 Å². The highest BCUT2D eigenvalue weighted by Crippen LogP contribution is 2.20. The Hall–Kier alpha value is -1.10. The van der Waals surface area contributed by atoms with Crippen molar-refractivity contribution in [3.8, 4) is 0 Å². The van der Waals surface area contributed by atoms with Crippen molar-refractivity contribution in [2.75, 3.05) is 11.4 Å². The molecule has 1 aromatic heterocycles. The molecule has 1 atom stereocenters. The van der Waals surface area contributed by atoms with E-state index in [1.54, 1.807) is 11.1 Å². The van der Waals surface area contributed by atoms with Gasteiger partial charge in [-0.05, 0) is 34.5 Å². The molecule has 1 aliphatic heterocycles. The van der Waals surface area contributed by atoms with Crippen molar-refractivity contribution < 1.29 is 4.79 Å². The summed E-state index contributed by atoms with van der Waals surface area (Å²) in [6.45, 7) is 2.85. The lowest BCUT2D eigenvalue weighted by molar-refractivity contribution is 0.250. The molecule has 0 aromatic carbocycles. The Morgan fingerprint density at radius 2 is 2.44 bits per heavy atom. The van der Waals surface area contributed by atoms with Crippen molar-refractivity contribution >= 4 is 27.6 Å². The van der Waals surface area contributed by atoms with Crippen LogP contribution in [-0.2, 0) is 0 Å². The number of carbonyl (C=O) groups is 1. The van der Waals surface area contributed by atoms with Gasteiger partial charge in [0.05, 0.1) is 11.9 Å². The number of nitrogens with zero attached hydrogens (tertiary/aromatic N) is 2. The molecule has 16 heavy (non-hydrogen) atoms. The standard InChI is InChI=1S/C11H14BrN3O/c1-2-3-8-7-15(11(16)14-8)9-4-5-10(12)13-6-9/h4-6,8H,2-3,7H2,1H3,(H,14,16)/t8-/m0/s1. The second-order valence-electron chi connectivity index (χ2n) is 3.88. The number of carbonyl (C=O) groups excluding carboxylic acids is 1. The number of hydrogen-bond acceptors (Lipinski definition) is 2. The number of anilines is 1. The topological polar surface area (TPSA) is 45.2 Å². The van der Waals surface area contributed by atoms with E-state index >= 15 is 0 Å². The van der Waals surface area contributed by atoms with Gasteiger partial charge in [-0.1, -0.05) is 13.3 Å². The minimum Gasteiger partial charge on any atom is -0.333 e. The second kappa shape index (κ2) is 4.82. The van der Waals surface area contributed by atoms with Gasteiger partial charge >= 0.3 is 6.03 Å². The summed E-state index contributed by atoms with van der Waals surface area (Å²) in [7, 11) is 0. The molecular weight excluding hydrogens is 270 g/mol. The molecule has 1 N–H and O–H groups in total. The first-order valence-electron chi connectivity index (χ1n) is 5.40. The molecule has 5 heteroatoms. The summed E-state index contributed by atoms with van der Waals surface area (Å²) >= 11 is 3.28. The second-order valence-corrected chi connectivity index (χ2v) is 4.70. The molecule has 0 bridgehead atoms. The van der Waals surface area contributed by atoms with E-state index < -0.39 is 0 Å². The quantitative estimate of drug-likeness (QED) is 0.867. The van der Waals surface area contributed by atoms with E-state index in [0.717, 1.165) is 29.7 Å². The summed E-state index contributed by atoms with van der Waals surface area (Å²) in [6, 6.07) is 3.98. The number of pyridine rings is 1. The monoisotopic (exact) mass is 283 g/mol. The van der Waals surface area contributed by atoms with E-state index in [1.165, 1.54) is 0 Å². The minimum absolute atomic E-state index is 0.0254. The Bertz CT molecular complexity index is 379. The zero-order valence-electron chi connectivity index (χ0n) is 9.11. The van der Waals surface area contributed by atoms with Crippen LogP contribution in [0.3, 0.4) is 0 Å². The highest BCUT2D eigenvalue weighted by atomic mass is 79.9. The molecule has 4 nitrogen and oxygen atoms in total. The molecule has 2 rings (SSSR count). The maximum absolute atomic E-state index is 11.7. The zero-order chi connectivity index (χ0) is 11.5. The van der Waals surface area contributed by atoms with Crippen LogP contribution in [0, 0.1) is 0 Å². The van der Waals surface area contributed by atoms with Crippen molar-refractivity contribution in [1.29, 1.82) is 0 Å². The molecule has 0 radical (unpaired) electrons. The van der Waals surface area contributed by atoms with E-state index in [9.17, 15) is 4.79 Å². The highest BCUT2D eigenvalue weighted by Gasteiger charge is 2.28. The third-order valence-corrected chi connectivity index (χ3v) is 3.11. The predicted molar refractivity (Wildman–Crippen MR) is 66.5 cm³/mol. The third kappa shape index (κ3) is 2.35. The molecule has 0 saturated carbocycles. The van der Waals surface area contributed by atoms with Crippen molar-refractivity contribution in [1.82, 2.24) is 10.3 Å². The molecule has 1 fully saturated rings. The Balaban J connectivity index is 2.10. The minimum atomic E-state index is -0.0254. The Kier molecular flexibility index (Phi) is 3.43. The fourth-order valence-electron chi connectivity index (χ4n) is 1.86. The molecule has 1 aromatic rings. The molecule has 1 aliphatic rings. The molecule has 0 aliphatic carbocycles. The van der Waals surface area contributed by atoms with Crippen LogP contribution in [0.15, 0.2) is 22.9 Å². The number of urea groups is 1. The maximum Gasteiger partial charge on any atom is 0.322 e. The summed E-state index contributed by atoms with van der Waals surface area (Å²) in [5, 5.41) is 2.97. The first-order valence-corrected chi connectivity index (χ1v) is 6.19. The lowest BCUT2D eigenvalue weighted by Gasteiger charge is -2.13. The van der Waals surface area contributed by atoms with Gasteiger partial charge in [0.2, 0.25) is 0 Å².